The van der Waals surface area contributed by atoms with Crippen LogP contribution < -0.4 is 10.5 Å². The van der Waals surface area contributed by atoms with E-state index in [1.807, 2.05) is 12.1 Å². The molecule has 3 aromatic rings. The zero-order valence-corrected chi connectivity index (χ0v) is 20.5. The molecule has 2 aromatic carbocycles. The van der Waals surface area contributed by atoms with E-state index in [4.69, 9.17) is 10.5 Å². The number of aromatic nitrogens is 1. The highest BCUT2D eigenvalue weighted by atomic mass is 32.1. The summed E-state index contributed by atoms with van der Waals surface area (Å²) in [6.45, 7) is 6.75. The Hall–Kier alpha value is -2.80. The molecule has 178 valence electrons. The third kappa shape index (κ3) is 8.92. The van der Waals surface area contributed by atoms with Crippen molar-refractivity contribution in [2.45, 2.75) is 65.7 Å². The Morgan fingerprint density at radius 2 is 1.76 bits per heavy atom. The van der Waals surface area contributed by atoms with Gasteiger partial charge in [-0.2, -0.15) is 0 Å². The second-order valence-corrected chi connectivity index (χ2v) is 8.85. The van der Waals surface area contributed by atoms with Crippen LogP contribution in [0.15, 0.2) is 47.8 Å². The Labute approximate surface area is 198 Å². The number of halogens is 2. The zero-order valence-electron chi connectivity index (χ0n) is 19.7. The van der Waals surface area contributed by atoms with Crippen molar-refractivity contribution < 1.29 is 18.3 Å². The van der Waals surface area contributed by atoms with E-state index in [9.17, 15) is 13.6 Å². The molecule has 0 aliphatic rings. The molecule has 0 amide bonds. The summed E-state index contributed by atoms with van der Waals surface area (Å²) in [5.74, 6) is -1.39. The number of rotatable bonds is 9. The molecular weight excluding hydrogens is 442 g/mol. The number of anilines is 1. The van der Waals surface area contributed by atoms with Crippen LogP contribution in [0.5, 0.6) is 11.5 Å². The molecule has 33 heavy (non-hydrogen) atoms. The van der Waals surface area contributed by atoms with Gasteiger partial charge in [0.15, 0.2) is 5.13 Å². The first kappa shape index (κ1) is 26.5. The molecule has 0 saturated heterocycles. The highest BCUT2D eigenvalue weighted by Crippen LogP contribution is 2.30. The smallest absolute Gasteiger partial charge is 0.270 e. The monoisotopic (exact) mass is 474 g/mol. The van der Waals surface area contributed by atoms with Crippen molar-refractivity contribution in [3.63, 3.8) is 0 Å². The Balaban J connectivity index is 0.000000321. The SMILES string of the molecule is CC(=O)Cc1csc(N)n1.CCCCc1ccc(Oc2ccc(C(C)(F)F)cc2)cc1CC. The van der Waals surface area contributed by atoms with E-state index in [-0.39, 0.29) is 11.3 Å². The second-order valence-electron chi connectivity index (χ2n) is 7.96. The number of Topliss-reactive ketones (excluding diaryl/α,β-unsaturated/α-hetero) is 1. The molecule has 0 spiro atoms. The standard InChI is InChI=1S/C20H24F2O.C6H8N2OS/c1-4-6-7-16-8-11-19(14-15(16)5-2)23-18-12-9-17(10-13-18)20(3,21)22;1-4(9)2-5-3-10-6(7)8-5/h8-14H,4-7H2,1-3H3;3H,2H2,1H3,(H2,7,8). The van der Waals surface area contributed by atoms with Crippen LogP contribution in [0.2, 0.25) is 0 Å². The number of alkyl halides is 2. The van der Waals surface area contributed by atoms with Crippen LogP contribution >= 0.6 is 11.3 Å². The summed E-state index contributed by atoms with van der Waals surface area (Å²) in [6.07, 6.45) is 4.79. The van der Waals surface area contributed by atoms with Gasteiger partial charge in [0, 0.05) is 24.3 Å². The van der Waals surface area contributed by atoms with Gasteiger partial charge in [0.25, 0.3) is 5.92 Å². The van der Waals surface area contributed by atoms with E-state index in [2.05, 4.69) is 24.9 Å². The molecule has 1 heterocycles. The Morgan fingerprint density at radius 1 is 1.09 bits per heavy atom. The summed E-state index contributed by atoms with van der Waals surface area (Å²) < 4.78 is 32.2. The number of ether oxygens (including phenoxy) is 1. The van der Waals surface area contributed by atoms with Crippen LogP contribution in [0, 0.1) is 0 Å². The van der Waals surface area contributed by atoms with Crippen LogP contribution in [0.1, 0.15) is 62.9 Å². The first-order valence-electron chi connectivity index (χ1n) is 11.1. The number of nitrogen functional groups attached to an aromatic ring is 1. The molecule has 7 heteroatoms. The van der Waals surface area contributed by atoms with Crippen molar-refractivity contribution >= 4 is 22.3 Å². The second kappa shape index (κ2) is 12.4. The van der Waals surface area contributed by atoms with Gasteiger partial charge in [-0.3, -0.25) is 4.79 Å². The number of benzene rings is 2. The Bertz CT molecular complexity index is 1030. The quantitative estimate of drug-likeness (QED) is 0.352. The van der Waals surface area contributed by atoms with E-state index >= 15 is 0 Å². The van der Waals surface area contributed by atoms with Gasteiger partial charge in [0.05, 0.1) is 5.69 Å². The summed E-state index contributed by atoms with van der Waals surface area (Å²) in [6, 6.07) is 12.1. The van der Waals surface area contributed by atoms with E-state index in [1.165, 1.54) is 54.4 Å². The Morgan fingerprint density at radius 3 is 2.27 bits per heavy atom. The number of carbonyl (C=O) groups is 1. The number of hydrogen-bond acceptors (Lipinski definition) is 5. The van der Waals surface area contributed by atoms with Crippen molar-refractivity contribution in [3.8, 4) is 11.5 Å². The third-order valence-corrected chi connectivity index (χ3v) is 5.68. The van der Waals surface area contributed by atoms with Crippen molar-refractivity contribution in [1.82, 2.24) is 4.98 Å². The third-order valence-electron chi connectivity index (χ3n) is 4.95. The number of nitrogens with zero attached hydrogens (tertiary/aromatic N) is 1. The molecule has 2 N–H and O–H groups in total. The molecule has 0 bridgehead atoms. The van der Waals surface area contributed by atoms with Gasteiger partial charge in [-0.1, -0.05) is 26.3 Å². The molecule has 0 saturated carbocycles. The maximum absolute atomic E-state index is 13.2. The number of ketones is 1. The summed E-state index contributed by atoms with van der Waals surface area (Å²) >= 11 is 1.36. The van der Waals surface area contributed by atoms with Crippen LogP contribution in [0.25, 0.3) is 0 Å². The number of thiazole rings is 1. The molecule has 4 nitrogen and oxygen atoms in total. The van der Waals surface area contributed by atoms with Crippen LogP contribution in [-0.2, 0) is 30.0 Å². The van der Waals surface area contributed by atoms with Crippen LogP contribution in [0.3, 0.4) is 0 Å². The van der Waals surface area contributed by atoms with E-state index in [1.54, 1.807) is 17.5 Å². The fraction of sp³-hybridized carbons (Fsp3) is 0.385. The highest BCUT2D eigenvalue weighted by Gasteiger charge is 2.23. The number of unbranched alkanes of at least 4 members (excludes halogenated alkanes) is 1. The summed E-state index contributed by atoms with van der Waals surface area (Å²) in [4.78, 5) is 14.5. The Kier molecular flexibility index (Phi) is 9.97. The minimum Gasteiger partial charge on any atom is -0.457 e. The molecule has 1 aromatic heterocycles. The van der Waals surface area contributed by atoms with E-state index in [0.29, 0.717) is 17.3 Å². The van der Waals surface area contributed by atoms with Gasteiger partial charge < -0.3 is 10.5 Å². The fourth-order valence-corrected chi connectivity index (χ4v) is 3.78. The van der Waals surface area contributed by atoms with Crippen molar-refractivity contribution in [2.75, 3.05) is 5.73 Å². The summed E-state index contributed by atoms with van der Waals surface area (Å²) in [5.41, 5.74) is 8.77. The number of aryl methyl sites for hydroxylation is 2. The van der Waals surface area contributed by atoms with E-state index < -0.39 is 5.92 Å². The minimum atomic E-state index is -2.82. The maximum atomic E-state index is 13.2. The number of hydrogen-bond donors (Lipinski definition) is 1. The predicted molar refractivity (Wildman–Crippen MR) is 131 cm³/mol. The average Bonchev–Trinajstić information content (AvgIpc) is 3.16. The van der Waals surface area contributed by atoms with Gasteiger partial charge in [-0.15, -0.1) is 11.3 Å². The van der Waals surface area contributed by atoms with Crippen LogP contribution in [0.4, 0.5) is 13.9 Å². The van der Waals surface area contributed by atoms with Crippen molar-refractivity contribution in [2.24, 2.45) is 0 Å². The fourth-order valence-electron chi connectivity index (χ4n) is 3.22. The van der Waals surface area contributed by atoms with Gasteiger partial charge in [-0.25, -0.2) is 13.8 Å². The molecular formula is C26H32F2N2O2S. The number of nitrogens with two attached hydrogens (primary N) is 1. The van der Waals surface area contributed by atoms with Gasteiger partial charge in [0.2, 0.25) is 0 Å². The largest absolute Gasteiger partial charge is 0.457 e. The highest BCUT2D eigenvalue weighted by molar-refractivity contribution is 7.13. The molecule has 0 unspecified atom stereocenters. The van der Waals surface area contributed by atoms with E-state index in [0.717, 1.165) is 31.2 Å². The van der Waals surface area contributed by atoms with Crippen molar-refractivity contribution in [3.05, 3.63) is 70.2 Å². The first-order chi connectivity index (χ1) is 15.6. The lowest BCUT2D eigenvalue weighted by Crippen LogP contribution is -2.06. The maximum Gasteiger partial charge on any atom is 0.270 e. The molecule has 0 fully saturated rings. The molecule has 0 radical (unpaired) electrons. The van der Waals surface area contributed by atoms with Gasteiger partial charge in [-0.05, 0) is 73.7 Å². The minimum absolute atomic E-state index is 0.00555. The first-order valence-corrected chi connectivity index (χ1v) is 12.0. The lowest BCUT2D eigenvalue weighted by atomic mass is 10.00. The zero-order chi connectivity index (χ0) is 24.4. The molecule has 0 aliphatic carbocycles. The van der Waals surface area contributed by atoms with Crippen LogP contribution in [-0.4, -0.2) is 10.8 Å². The molecule has 0 atom stereocenters. The predicted octanol–water partition coefficient (Wildman–Crippen LogP) is 7.35. The summed E-state index contributed by atoms with van der Waals surface area (Å²) in [5, 5.41) is 2.33. The lowest BCUT2D eigenvalue weighted by molar-refractivity contribution is -0.116. The number of carbonyl (C=O) groups excluding carboxylic acids is 1. The average molecular weight is 475 g/mol. The normalized spacial score (nSPS) is 11.0. The molecule has 0 aliphatic heterocycles. The lowest BCUT2D eigenvalue weighted by Gasteiger charge is -2.13. The topological polar surface area (TPSA) is 65.2 Å². The summed E-state index contributed by atoms with van der Waals surface area (Å²) in [7, 11) is 0. The van der Waals surface area contributed by atoms with Gasteiger partial charge in [0.1, 0.15) is 17.3 Å². The van der Waals surface area contributed by atoms with Gasteiger partial charge >= 0.3 is 0 Å². The van der Waals surface area contributed by atoms with Crippen molar-refractivity contribution in [1.29, 1.82) is 0 Å². The molecule has 3 rings (SSSR count).